The highest BCUT2D eigenvalue weighted by atomic mass is 79.9. The number of fused-ring (bicyclic) bond motifs is 2. The highest BCUT2D eigenvalue weighted by Gasteiger charge is 2.59. The predicted molar refractivity (Wildman–Crippen MR) is 68.7 cm³/mol. The minimum absolute atomic E-state index is 0.103. The highest BCUT2D eigenvalue weighted by molar-refractivity contribution is 9.10. The Morgan fingerprint density at radius 1 is 1.47 bits per heavy atom. The van der Waals surface area contributed by atoms with E-state index in [-0.39, 0.29) is 5.54 Å². The summed E-state index contributed by atoms with van der Waals surface area (Å²) in [5.41, 5.74) is 8.13. The molecule has 3 unspecified atom stereocenters. The predicted octanol–water partition coefficient (Wildman–Crippen LogP) is 3.19. The normalized spacial score (nSPS) is 35.2. The van der Waals surface area contributed by atoms with Crippen LogP contribution in [-0.4, -0.2) is 10.5 Å². The zero-order valence-corrected chi connectivity index (χ0v) is 10.9. The molecule has 88 valence electrons. The molecular formula is C13H13BrN2O. The number of rotatable bonds is 1. The monoisotopic (exact) mass is 292 g/mol. The van der Waals surface area contributed by atoms with E-state index in [9.17, 15) is 0 Å². The van der Waals surface area contributed by atoms with Crippen LogP contribution in [0.15, 0.2) is 27.1 Å². The molecule has 0 saturated heterocycles. The molecule has 1 aromatic heterocycles. The second kappa shape index (κ2) is 3.12. The van der Waals surface area contributed by atoms with Gasteiger partial charge in [0.25, 0.3) is 0 Å². The summed E-state index contributed by atoms with van der Waals surface area (Å²) in [6.07, 6.45) is 3.43. The van der Waals surface area contributed by atoms with E-state index in [2.05, 4.69) is 20.9 Å². The van der Waals surface area contributed by atoms with E-state index in [1.807, 2.05) is 18.2 Å². The van der Waals surface area contributed by atoms with Crippen molar-refractivity contribution in [1.82, 2.24) is 4.98 Å². The summed E-state index contributed by atoms with van der Waals surface area (Å²) in [6, 6.07) is 5.94. The second-order valence-corrected chi connectivity index (χ2v) is 6.27. The van der Waals surface area contributed by atoms with E-state index in [0.717, 1.165) is 27.9 Å². The van der Waals surface area contributed by atoms with Crippen molar-refractivity contribution in [3.05, 3.63) is 28.6 Å². The fourth-order valence-electron chi connectivity index (χ4n) is 3.26. The Morgan fingerprint density at radius 2 is 2.35 bits per heavy atom. The van der Waals surface area contributed by atoms with Crippen LogP contribution in [0.2, 0.25) is 0 Å². The Kier molecular flexibility index (Phi) is 1.85. The minimum atomic E-state index is 0.103. The van der Waals surface area contributed by atoms with Gasteiger partial charge in [0.05, 0.1) is 0 Å². The van der Waals surface area contributed by atoms with Gasteiger partial charge in [-0.05, 0) is 43.4 Å². The molecule has 0 bridgehead atoms. The molecule has 0 amide bonds. The molecule has 4 heteroatoms. The molecule has 1 heterocycles. The van der Waals surface area contributed by atoms with Gasteiger partial charge in [0.1, 0.15) is 5.52 Å². The number of oxazole rings is 1. The average Bonchev–Trinajstić information content (AvgIpc) is 2.69. The van der Waals surface area contributed by atoms with Crippen molar-refractivity contribution in [2.24, 2.45) is 11.7 Å². The van der Waals surface area contributed by atoms with Gasteiger partial charge in [0.15, 0.2) is 11.5 Å². The highest BCUT2D eigenvalue weighted by Crippen LogP contribution is 2.60. The lowest BCUT2D eigenvalue weighted by Crippen LogP contribution is -2.66. The standard InChI is InChI=1S/C13H13BrN2O/c14-7-1-2-11-10(5-7)16-12(17-11)8-6-13(15)4-3-9(8)13/h1-2,5,8-9H,3-4,6,15H2. The molecule has 2 aliphatic carbocycles. The zero-order valence-electron chi connectivity index (χ0n) is 9.32. The van der Waals surface area contributed by atoms with Gasteiger partial charge in [-0.3, -0.25) is 0 Å². The van der Waals surface area contributed by atoms with Gasteiger partial charge >= 0.3 is 0 Å². The van der Waals surface area contributed by atoms with Crippen LogP contribution in [0.4, 0.5) is 0 Å². The molecule has 2 aromatic rings. The number of halogens is 1. The smallest absolute Gasteiger partial charge is 0.199 e. The van der Waals surface area contributed by atoms with Crippen LogP contribution < -0.4 is 5.73 Å². The molecule has 0 spiro atoms. The number of benzene rings is 1. The van der Waals surface area contributed by atoms with Gasteiger partial charge in [-0.1, -0.05) is 15.9 Å². The molecule has 4 rings (SSSR count). The lowest BCUT2D eigenvalue weighted by Gasteiger charge is -2.60. The number of hydrogen-bond acceptors (Lipinski definition) is 3. The Bertz CT molecular complexity index is 608. The van der Waals surface area contributed by atoms with Gasteiger partial charge in [-0.15, -0.1) is 0 Å². The third kappa shape index (κ3) is 1.28. The van der Waals surface area contributed by atoms with Crippen LogP contribution >= 0.6 is 15.9 Å². The minimum Gasteiger partial charge on any atom is -0.440 e. The maximum Gasteiger partial charge on any atom is 0.199 e. The van der Waals surface area contributed by atoms with Crippen LogP contribution in [0.3, 0.4) is 0 Å². The van der Waals surface area contributed by atoms with E-state index in [1.165, 1.54) is 12.8 Å². The van der Waals surface area contributed by atoms with Gasteiger partial charge in [0.2, 0.25) is 0 Å². The van der Waals surface area contributed by atoms with Crippen LogP contribution in [-0.2, 0) is 0 Å². The van der Waals surface area contributed by atoms with Gasteiger partial charge < -0.3 is 10.2 Å². The molecule has 3 atom stereocenters. The lowest BCUT2D eigenvalue weighted by molar-refractivity contribution is -0.0238. The van der Waals surface area contributed by atoms with Crippen LogP contribution in [0.25, 0.3) is 11.1 Å². The van der Waals surface area contributed by atoms with Gasteiger partial charge in [-0.25, -0.2) is 4.98 Å². The van der Waals surface area contributed by atoms with E-state index in [4.69, 9.17) is 10.2 Å². The van der Waals surface area contributed by atoms with Crippen LogP contribution in [0, 0.1) is 5.92 Å². The second-order valence-electron chi connectivity index (χ2n) is 5.35. The quantitative estimate of drug-likeness (QED) is 0.878. The summed E-state index contributed by atoms with van der Waals surface area (Å²) in [5.74, 6) is 1.92. The fourth-order valence-corrected chi connectivity index (χ4v) is 3.61. The van der Waals surface area contributed by atoms with E-state index >= 15 is 0 Å². The third-order valence-corrected chi connectivity index (χ3v) is 4.92. The molecule has 2 N–H and O–H groups in total. The van der Waals surface area contributed by atoms with Crippen molar-refractivity contribution in [2.75, 3.05) is 0 Å². The van der Waals surface area contributed by atoms with Crippen molar-refractivity contribution in [2.45, 2.75) is 30.7 Å². The summed E-state index contributed by atoms with van der Waals surface area (Å²) in [7, 11) is 0. The molecule has 17 heavy (non-hydrogen) atoms. The topological polar surface area (TPSA) is 52.0 Å². The van der Waals surface area contributed by atoms with Crippen molar-refractivity contribution in [3.8, 4) is 0 Å². The van der Waals surface area contributed by atoms with Gasteiger partial charge in [0, 0.05) is 15.9 Å². The zero-order chi connectivity index (χ0) is 11.6. The van der Waals surface area contributed by atoms with Crippen molar-refractivity contribution in [3.63, 3.8) is 0 Å². The van der Waals surface area contributed by atoms with Crippen LogP contribution in [0.1, 0.15) is 31.1 Å². The largest absolute Gasteiger partial charge is 0.440 e. The van der Waals surface area contributed by atoms with Crippen LogP contribution in [0.5, 0.6) is 0 Å². The molecule has 3 nitrogen and oxygen atoms in total. The Morgan fingerprint density at radius 3 is 3.00 bits per heavy atom. The molecule has 2 fully saturated rings. The summed E-state index contributed by atoms with van der Waals surface area (Å²) >= 11 is 3.45. The molecule has 0 radical (unpaired) electrons. The van der Waals surface area contributed by atoms with E-state index in [0.29, 0.717) is 11.8 Å². The lowest BCUT2D eigenvalue weighted by atomic mass is 9.48. The maximum absolute atomic E-state index is 6.22. The van der Waals surface area contributed by atoms with E-state index < -0.39 is 0 Å². The maximum atomic E-state index is 6.22. The first-order valence-electron chi connectivity index (χ1n) is 6.01. The Balaban J connectivity index is 1.73. The number of nitrogens with two attached hydrogens (primary N) is 1. The first-order valence-corrected chi connectivity index (χ1v) is 6.80. The van der Waals surface area contributed by atoms with Crippen molar-refractivity contribution in [1.29, 1.82) is 0 Å². The average molecular weight is 293 g/mol. The Hall–Kier alpha value is -0.870. The Labute approximate surface area is 108 Å². The third-order valence-electron chi connectivity index (χ3n) is 4.43. The summed E-state index contributed by atoms with van der Waals surface area (Å²) in [4.78, 5) is 4.59. The molecular weight excluding hydrogens is 280 g/mol. The molecule has 1 aromatic carbocycles. The van der Waals surface area contributed by atoms with Crippen molar-refractivity contribution >= 4 is 27.0 Å². The summed E-state index contributed by atoms with van der Waals surface area (Å²) in [6.45, 7) is 0. The number of hydrogen-bond donors (Lipinski definition) is 1. The molecule has 2 aliphatic rings. The van der Waals surface area contributed by atoms with Gasteiger partial charge in [-0.2, -0.15) is 0 Å². The van der Waals surface area contributed by atoms with E-state index in [1.54, 1.807) is 0 Å². The fraction of sp³-hybridized carbons (Fsp3) is 0.462. The number of nitrogens with zero attached hydrogens (tertiary/aromatic N) is 1. The first-order chi connectivity index (χ1) is 8.16. The first kappa shape index (κ1) is 10.1. The SMILES string of the molecule is NC12CCC1C(c1nc3cc(Br)ccc3o1)C2. The summed E-state index contributed by atoms with van der Waals surface area (Å²) in [5, 5.41) is 0. The molecule has 0 aliphatic heterocycles. The van der Waals surface area contributed by atoms with Crippen molar-refractivity contribution < 1.29 is 4.42 Å². The molecule has 2 saturated carbocycles. The number of aromatic nitrogens is 1. The summed E-state index contributed by atoms with van der Waals surface area (Å²) < 4.78 is 6.87.